The minimum atomic E-state index is -4.04. The molecule has 3 aromatic rings. The van der Waals surface area contributed by atoms with Crippen molar-refractivity contribution < 1.29 is 21.5 Å². The van der Waals surface area contributed by atoms with E-state index in [2.05, 4.69) is 24.4 Å². The Morgan fingerprint density at radius 3 is 2.21 bits per heavy atom. The fourth-order valence-electron chi connectivity index (χ4n) is 2.06. The van der Waals surface area contributed by atoms with E-state index < -0.39 is 20.0 Å². The summed E-state index contributed by atoms with van der Waals surface area (Å²) < 4.78 is 57.2. The number of nitrogens with zero attached hydrogens (tertiary/aromatic N) is 2. The molecular formula is C13H12N4O5S2. The summed E-state index contributed by atoms with van der Waals surface area (Å²) in [5.41, 5.74) is 0.560. The summed E-state index contributed by atoms with van der Waals surface area (Å²) in [5.74, 6) is 0. The van der Waals surface area contributed by atoms with Crippen LogP contribution >= 0.6 is 0 Å². The van der Waals surface area contributed by atoms with Crippen LogP contribution in [0.5, 0.6) is 0 Å². The predicted molar refractivity (Wildman–Crippen MR) is 87.5 cm³/mol. The summed E-state index contributed by atoms with van der Waals surface area (Å²) >= 11 is 0. The number of fused-ring (bicyclic) bond motifs is 1. The Kier molecular flexibility index (Phi) is 3.89. The molecule has 0 aliphatic carbocycles. The molecule has 3 rings (SSSR count). The van der Waals surface area contributed by atoms with Crippen molar-refractivity contribution >= 4 is 42.5 Å². The summed E-state index contributed by atoms with van der Waals surface area (Å²) in [4.78, 5) is -0.129. The minimum Gasteiger partial charge on any atom is -0.282 e. The van der Waals surface area contributed by atoms with Crippen LogP contribution in [-0.4, -0.2) is 33.4 Å². The maximum absolute atomic E-state index is 12.6. The minimum absolute atomic E-state index is 0.0800. The molecule has 9 nitrogen and oxygen atoms in total. The van der Waals surface area contributed by atoms with Crippen molar-refractivity contribution in [1.29, 1.82) is 0 Å². The Hall–Kier alpha value is -2.66. The summed E-state index contributed by atoms with van der Waals surface area (Å²) in [7, 11) is -7.60. The molecule has 24 heavy (non-hydrogen) atoms. The first-order valence-electron chi connectivity index (χ1n) is 6.57. The summed E-state index contributed by atoms with van der Waals surface area (Å²) in [6.45, 7) is 0. The molecule has 2 N–H and O–H groups in total. The normalized spacial score (nSPS) is 12.2. The lowest BCUT2D eigenvalue weighted by Crippen LogP contribution is -2.16. The highest BCUT2D eigenvalue weighted by Gasteiger charge is 2.21. The second-order valence-corrected chi connectivity index (χ2v) is 8.31. The van der Waals surface area contributed by atoms with E-state index in [0.29, 0.717) is 5.52 Å². The molecule has 0 saturated heterocycles. The van der Waals surface area contributed by atoms with Crippen molar-refractivity contribution in [2.45, 2.75) is 4.90 Å². The van der Waals surface area contributed by atoms with Crippen LogP contribution in [0, 0.1) is 0 Å². The van der Waals surface area contributed by atoms with Crippen LogP contribution in [0.15, 0.2) is 52.0 Å². The van der Waals surface area contributed by atoms with Crippen LogP contribution in [0.4, 0.5) is 11.4 Å². The number of rotatable bonds is 5. The molecule has 11 heteroatoms. The average molecular weight is 368 g/mol. The third-order valence-corrected chi connectivity index (χ3v) is 4.99. The van der Waals surface area contributed by atoms with E-state index in [1.807, 2.05) is 0 Å². The zero-order chi connectivity index (χ0) is 17.4. The SMILES string of the molecule is CS(=O)(=O)Nc1ccccc1NS(=O)(=O)c1cccc2nonc12. The van der Waals surface area contributed by atoms with Gasteiger partial charge in [0.2, 0.25) is 10.0 Å². The fourth-order valence-corrected chi connectivity index (χ4v) is 3.87. The van der Waals surface area contributed by atoms with Crippen LogP contribution in [0.2, 0.25) is 0 Å². The number of hydrogen-bond donors (Lipinski definition) is 2. The van der Waals surface area contributed by atoms with E-state index in [4.69, 9.17) is 0 Å². The Morgan fingerprint density at radius 2 is 1.54 bits per heavy atom. The molecule has 0 aliphatic heterocycles. The van der Waals surface area contributed by atoms with E-state index >= 15 is 0 Å². The molecule has 0 unspecified atom stereocenters. The highest BCUT2D eigenvalue weighted by atomic mass is 32.2. The van der Waals surface area contributed by atoms with Crippen molar-refractivity contribution in [1.82, 2.24) is 10.3 Å². The summed E-state index contributed by atoms with van der Waals surface area (Å²) in [5, 5.41) is 7.19. The average Bonchev–Trinajstić information content (AvgIpc) is 2.95. The van der Waals surface area contributed by atoms with Gasteiger partial charge in [0.05, 0.1) is 17.6 Å². The smallest absolute Gasteiger partial charge is 0.264 e. The van der Waals surface area contributed by atoms with E-state index in [0.717, 1.165) is 6.26 Å². The number of hydrogen-bond acceptors (Lipinski definition) is 7. The molecule has 2 aromatic carbocycles. The van der Waals surface area contributed by atoms with Gasteiger partial charge in [0.25, 0.3) is 10.0 Å². The zero-order valence-electron chi connectivity index (χ0n) is 12.3. The number of anilines is 2. The lowest BCUT2D eigenvalue weighted by molar-refractivity contribution is 0.315. The lowest BCUT2D eigenvalue weighted by atomic mass is 10.3. The van der Waals surface area contributed by atoms with Gasteiger partial charge < -0.3 is 0 Å². The van der Waals surface area contributed by atoms with Gasteiger partial charge in [-0.1, -0.05) is 18.2 Å². The number of para-hydroxylation sites is 2. The molecule has 0 saturated carbocycles. The van der Waals surface area contributed by atoms with E-state index in [1.165, 1.54) is 24.3 Å². The Bertz CT molecular complexity index is 1110. The number of benzene rings is 2. The van der Waals surface area contributed by atoms with Crippen LogP contribution in [0.3, 0.4) is 0 Å². The highest BCUT2D eigenvalue weighted by molar-refractivity contribution is 7.93. The first-order valence-corrected chi connectivity index (χ1v) is 9.95. The van der Waals surface area contributed by atoms with Crippen molar-refractivity contribution in [3.63, 3.8) is 0 Å². The van der Waals surface area contributed by atoms with Crippen molar-refractivity contribution in [2.24, 2.45) is 0 Å². The van der Waals surface area contributed by atoms with Crippen LogP contribution in [-0.2, 0) is 20.0 Å². The van der Waals surface area contributed by atoms with Gasteiger partial charge in [-0.2, -0.15) is 0 Å². The zero-order valence-corrected chi connectivity index (χ0v) is 13.9. The number of sulfonamides is 2. The van der Waals surface area contributed by atoms with Gasteiger partial charge in [-0.25, -0.2) is 21.5 Å². The first kappa shape index (κ1) is 16.2. The third-order valence-electron chi connectivity index (χ3n) is 3.01. The highest BCUT2D eigenvalue weighted by Crippen LogP contribution is 2.27. The second-order valence-electron chi connectivity index (χ2n) is 4.91. The Labute approximate surface area is 137 Å². The Balaban J connectivity index is 2.04. The quantitative estimate of drug-likeness (QED) is 0.695. The molecule has 1 heterocycles. The van der Waals surface area contributed by atoms with Crippen molar-refractivity contribution in [3.05, 3.63) is 42.5 Å². The van der Waals surface area contributed by atoms with Crippen molar-refractivity contribution in [2.75, 3.05) is 15.7 Å². The summed E-state index contributed by atoms with van der Waals surface area (Å²) in [6.07, 6.45) is 0.972. The monoisotopic (exact) mass is 368 g/mol. The lowest BCUT2D eigenvalue weighted by Gasteiger charge is -2.13. The van der Waals surface area contributed by atoms with Crippen LogP contribution in [0.25, 0.3) is 11.0 Å². The summed E-state index contributed by atoms with van der Waals surface area (Å²) in [6, 6.07) is 10.4. The third kappa shape index (κ3) is 3.31. The van der Waals surface area contributed by atoms with Gasteiger partial charge in [0.15, 0.2) is 5.52 Å². The molecule has 1 aromatic heterocycles. The van der Waals surface area contributed by atoms with Gasteiger partial charge in [-0.05, 0) is 34.6 Å². The molecule has 0 amide bonds. The molecule has 0 bridgehead atoms. The molecule has 0 aliphatic rings. The topological polar surface area (TPSA) is 131 Å². The molecule has 0 spiro atoms. The molecule has 0 radical (unpaired) electrons. The maximum atomic E-state index is 12.6. The second kappa shape index (κ2) is 5.76. The fraction of sp³-hybridized carbons (Fsp3) is 0.0769. The maximum Gasteiger partial charge on any atom is 0.264 e. The molecule has 126 valence electrons. The Morgan fingerprint density at radius 1 is 0.875 bits per heavy atom. The van der Waals surface area contributed by atoms with Crippen molar-refractivity contribution in [3.8, 4) is 0 Å². The molecule has 0 fully saturated rings. The largest absolute Gasteiger partial charge is 0.282 e. The van der Waals surface area contributed by atoms with Gasteiger partial charge in [0, 0.05) is 0 Å². The van der Waals surface area contributed by atoms with Gasteiger partial charge >= 0.3 is 0 Å². The number of nitrogens with one attached hydrogen (secondary N) is 2. The van der Waals surface area contributed by atoms with E-state index in [-0.39, 0.29) is 21.8 Å². The first-order chi connectivity index (χ1) is 11.3. The number of aromatic nitrogens is 2. The van der Waals surface area contributed by atoms with Gasteiger partial charge in [0.1, 0.15) is 10.4 Å². The van der Waals surface area contributed by atoms with Gasteiger partial charge in [-0.15, -0.1) is 0 Å². The molecular weight excluding hydrogens is 356 g/mol. The van der Waals surface area contributed by atoms with Gasteiger partial charge in [-0.3, -0.25) is 9.44 Å². The van der Waals surface area contributed by atoms with Crippen LogP contribution < -0.4 is 9.44 Å². The van der Waals surface area contributed by atoms with E-state index in [1.54, 1.807) is 18.2 Å². The van der Waals surface area contributed by atoms with Crippen LogP contribution in [0.1, 0.15) is 0 Å². The predicted octanol–water partition coefficient (Wildman–Crippen LogP) is 1.40. The van der Waals surface area contributed by atoms with E-state index in [9.17, 15) is 16.8 Å². The standard InChI is InChI=1S/C13H12N4O5S2/c1-23(18,19)16-9-5-2-3-6-10(9)17-24(20,21)12-8-4-7-11-13(12)15-22-14-11/h2-8,16-17H,1H3. The molecule has 0 atom stereocenters.